The standard InChI is InChI=1S/C11H5BrF9NO/c12-8(10(16,17)18,11(19,20)21)7(23)22-6-4-2-1-3-5(6)9(13,14)15/h1-4H,(H,22,23). The molecule has 0 radical (unpaired) electrons. The van der Waals surface area contributed by atoms with Crippen molar-refractivity contribution in [1.82, 2.24) is 0 Å². The number of rotatable bonds is 2. The Bertz CT molecular complexity index is 576. The Morgan fingerprint density at radius 2 is 1.30 bits per heavy atom. The Labute approximate surface area is 130 Å². The maximum Gasteiger partial charge on any atom is 0.421 e. The van der Waals surface area contributed by atoms with Crippen molar-refractivity contribution in [2.75, 3.05) is 5.32 Å². The Hall–Kier alpha value is -1.46. The van der Waals surface area contributed by atoms with Crippen LogP contribution in [0.15, 0.2) is 24.3 Å². The molecule has 0 heterocycles. The van der Waals surface area contributed by atoms with Crippen molar-refractivity contribution in [3.63, 3.8) is 0 Å². The van der Waals surface area contributed by atoms with E-state index in [2.05, 4.69) is 0 Å². The largest absolute Gasteiger partial charge is 0.421 e. The van der Waals surface area contributed by atoms with Crippen molar-refractivity contribution in [1.29, 1.82) is 0 Å². The molecule has 0 saturated heterocycles. The second-order valence-electron chi connectivity index (χ2n) is 4.15. The van der Waals surface area contributed by atoms with E-state index in [-0.39, 0.29) is 0 Å². The van der Waals surface area contributed by atoms with E-state index in [4.69, 9.17) is 0 Å². The molecule has 0 spiro atoms. The minimum absolute atomic E-state index is 0.396. The number of anilines is 1. The maximum atomic E-state index is 12.7. The van der Waals surface area contributed by atoms with Crippen LogP contribution in [0.5, 0.6) is 0 Å². The zero-order valence-electron chi connectivity index (χ0n) is 10.5. The molecule has 0 aliphatic rings. The minimum Gasteiger partial charge on any atom is -0.324 e. The molecule has 1 aromatic rings. The zero-order chi connectivity index (χ0) is 18.3. The highest BCUT2D eigenvalue weighted by molar-refractivity contribution is 9.10. The Morgan fingerprint density at radius 1 is 0.870 bits per heavy atom. The van der Waals surface area contributed by atoms with Gasteiger partial charge in [0.2, 0.25) is 0 Å². The molecule has 0 aliphatic carbocycles. The SMILES string of the molecule is O=C(Nc1ccccc1C(F)(F)F)C(Br)(C(F)(F)F)C(F)(F)F. The first-order valence-corrected chi connectivity index (χ1v) is 6.21. The molecule has 0 aliphatic heterocycles. The molecule has 0 atom stereocenters. The Balaban J connectivity index is 3.32. The second kappa shape index (κ2) is 5.87. The minimum atomic E-state index is -6.14. The lowest BCUT2D eigenvalue weighted by Gasteiger charge is -2.30. The number of benzene rings is 1. The number of carbonyl (C=O) groups is 1. The van der Waals surface area contributed by atoms with Gasteiger partial charge < -0.3 is 5.32 Å². The molecule has 2 nitrogen and oxygen atoms in total. The van der Waals surface area contributed by atoms with E-state index < -0.39 is 40.0 Å². The molecule has 0 aromatic heterocycles. The van der Waals surface area contributed by atoms with Crippen molar-refractivity contribution in [3.8, 4) is 0 Å². The lowest BCUT2D eigenvalue weighted by molar-refractivity contribution is -0.253. The van der Waals surface area contributed by atoms with Gasteiger partial charge in [0.15, 0.2) is 0 Å². The monoisotopic (exact) mass is 417 g/mol. The highest BCUT2D eigenvalue weighted by atomic mass is 79.9. The number of para-hydroxylation sites is 1. The van der Waals surface area contributed by atoms with Gasteiger partial charge in [-0.25, -0.2) is 0 Å². The summed E-state index contributed by atoms with van der Waals surface area (Å²) in [5.74, 6) is -2.74. The number of hydrogen-bond donors (Lipinski definition) is 1. The fraction of sp³-hybridized carbons (Fsp3) is 0.364. The lowest BCUT2D eigenvalue weighted by Crippen LogP contribution is -2.59. The van der Waals surface area contributed by atoms with Crippen LogP contribution in [0.4, 0.5) is 45.2 Å². The van der Waals surface area contributed by atoms with E-state index in [9.17, 15) is 44.3 Å². The van der Waals surface area contributed by atoms with Gasteiger partial charge >= 0.3 is 18.5 Å². The molecule has 1 amide bonds. The Morgan fingerprint density at radius 3 is 1.70 bits per heavy atom. The molecular formula is C11H5BrF9NO. The van der Waals surface area contributed by atoms with E-state index in [1.807, 2.05) is 0 Å². The van der Waals surface area contributed by atoms with E-state index in [1.54, 1.807) is 0 Å². The smallest absolute Gasteiger partial charge is 0.324 e. The predicted octanol–water partition coefficient (Wildman–Crippen LogP) is 4.90. The summed E-state index contributed by atoms with van der Waals surface area (Å²) >= 11 is 1.28. The van der Waals surface area contributed by atoms with Crippen LogP contribution in [0.2, 0.25) is 0 Å². The van der Waals surface area contributed by atoms with Gasteiger partial charge in [-0.2, -0.15) is 39.5 Å². The number of halogens is 10. The van der Waals surface area contributed by atoms with E-state index in [1.165, 1.54) is 15.9 Å². The third-order valence-electron chi connectivity index (χ3n) is 2.57. The van der Waals surface area contributed by atoms with Crippen LogP contribution in [0, 0.1) is 0 Å². The lowest BCUT2D eigenvalue weighted by atomic mass is 10.1. The van der Waals surface area contributed by atoms with Crippen LogP contribution in [0.1, 0.15) is 5.56 Å². The van der Waals surface area contributed by atoms with Crippen LogP contribution in [-0.2, 0) is 11.0 Å². The molecule has 0 saturated carbocycles. The van der Waals surface area contributed by atoms with E-state index >= 15 is 0 Å². The zero-order valence-corrected chi connectivity index (χ0v) is 12.1. The predicted molar refractivity (Wildman–Crippen MR) is 63.8 cm³/mol. The fourth-order valence-corrected chi connectivity index (χ4v) is 1.57. The first-order valence-electron chi connectivity index (χ1n) is 5.42. The van der Waals surface area contributed by atoms with Crippen molar-refractivity contribution in [2.45, 2.75) is 22.9 Å². The summed E-state index contributed by atoms with van der Waals surface area (Å²) in [7, 11) is 0. The second-order valence-corrected chi connectivity index (χ2v) is 5.34. The number of nitrogens with one attached hydrogen (secondary N) is 1. The summed E-state index contributed by atoms with van der Waals surface area (Å²) in [6, 6.07) is 2.68. The number of alkyl halides is 10. The molecule has 130 valence electrons. The average Bonchev–Trinajstić information content (AvgIpc) is 2.34. The van der Waals surface area contributed by atoms with Gasteiger partial charge in [0.25, 0.3) is 10.2 Å². The van der Waals surface area contributed by atoms with Gasteiger partial charge in [0.1, 0.15) is 0 Å². The van der Waals surface area contributed by atoms with Crippen molar-refractivity contribution in [2.24, 2.45) is 0 Å². The number of carbonyl (C=O) groups excluding carboxylic acids is 1. The van der Waals surface area contributed by atoms with Crippen LogP contribution in [0.25, 0.3) is 0 Å². The summed E-state index contributed by atoms with van der Waals surface area (Å²) in [6.45, 7) is 0. The quantitative estimate of drug-likeness (QED) is 0.538. The van der Waals surface area contributed by atoms with Gasteiger partial charge in [-0.15, -0.1) is 0 Å². The van der Waals surface area contributed by atoms with Gasteiger partial charge in [-0.05, 0) is 12.1 Å². The summed E-state index contributed by atoms with van der Waals surface area (Å²) in [6.07, 6.45) is -17.4. The molecular weight excluding hydrogens is 413 g/mol. The fourth-order valence-electron chi connectivity index (χ4n) is 1.47. The van der Waals surface area contributed by atoms with Gasteiger partial charge in [-0.1, -0.05) is 28.1 Å². The molecule has 0 bridgehead atoms. The first-order chi connectivity index (χ1) is 10.1. The van der Waals surface area contributed by atoms with Crippen LogP contribution >= 0.6 is 15.9 Å². The molecule has 12 heteroatoms. The van der Waals surface area contributed by atoms with Crippen molar-refractivity contribution < 1.29 is 44.3 Å². The van der Waals surface area contributed by atoms with E-state index in [0.29, 0.717) is 12.1 Å². The molecule has 0 unspecified atom stereocenters. The normalized spacial score (nSPS) is 13.8. The average molecular weight is 418 g/mol. The summed E-state index contributed by atoms with van der Waals surface area (Å²) in [4.78, 5) is 11.4. The van der Waals surface area contributed by atoms with Gasteiger partial charge in [-0.3, -0.25) is 4.79 Å². The highest BCUT2D eigenvalue weighted by Crippen LogP contribution is 2.50. The van der Waals surface area contributed by atoms with Crippen molar-refractivity contribution >= 4 is 27.5 Å². The third kappa shape index (κ3) is 3.72. The van der Waals surface area contributed by atoms with E-state index in [0.717, 1.165) is 17.4 Å². The van der Waals surface area contributed by atoms with Gasteiger partial charge in [0, 0.05) is 0 Å². The molecule has 1 rings (SSSR count). The number of amides is 1. The van der Waals surface area contributed by atoms with Crippen LogP contribution < -0.4 is 5.32 Å². The third-order valence-corrected chi connectivity index (χ3v) is 3.83. The maximum absolute atomic E-state index is 12.7. The van der Waals surface area contributed by atoms with Gasteiger partial charge in [0.05, 0.1) is 11.3 Å². The van der Waals surface area contributed by atoms with Crippen LogP contribution in [0.3, 0.4) is 0 Å². The van der Waals surface area contributed by atoms with Crippen molar-refractivity contribution in [3.05, 3.63) is 29.8 Å². The molecule has 23 heavy (non-hydrogen) atoms. The number of hydrogen-bond acceptors (Lipinski definition) is 1. The summed E-state index contributed by atoms with van der Waals surface area (Å²) < 4.78 is 109. The molecule has 1 N–H and O–H groups in total. The topological polar surface area (TPSA) is 29.1 Å². The molecule has 1 aromatic carbocycles. The van der Waals surface area contributed by atoms with Crippen LogP contribution in [-0.4, -0.2) is 22.6 Å². The summed E-state index contributed by atoms with van der Waals surface area (Å²) in [5, 5.41) is 1.02. The first kappa shape index (κ1) is 19.6. The summed E-state index contributed by atoms with van der Waals surface area (Å²) in [5.41, 5.74) is -2.82. The molecule has 0 fully saturated rings. The highest BCUT2D eigenvalue weighted by Gasteiger charge is 2.74. The Kier molecular flexibility index (Phi) is 5.00.